The highest BCUT2D eigenvalue weighted by Gasteiger charge is 2.34. The van der Waals surface area contributed by atoms with E-state index in [2.05, 4.69) is 15.4 Å². The predicted molar refractivity (Wildman–Crippen MR) is 88.8 cm³/mol. The fourth-order valence-corrected chi connectivity index (χ4v) is 2.73. The number of fused-ring (bicyclic) bond motifs is 1. The fourth-order valence-electron chi connectivity index (χ4n) is 2.60. The number of ether oxygens (including phenoxy) is 2. The monoisotopic (exact) mass is 348 g/mol. The number of rotatable bonds is 5. The van der Waals surface area contributed by atoms with Crippen LogP contribution in [0, 0.1) is 0 Å². The van der Waals surface area contributed by atoms with Crippen molar-refractivity contribution in [2.45, 2.75) is 13.0 Å². The first-order valence-corrected chi connectivity index (χ1v) is 7.78. The Hall–Kier alpha value is -2.38. The number of carbonyl (C=O) groups is 1. The van der Waals surface area contributed by atoms with E-state index in [0.29, 0.717) is 28.8 Å². The highest BCUT2D eigenvalue weighted by molar-refractivity contribution is 6.30. The summed E-state index contributed by atoms with van der Waals surface area (Å²) in [6.45, 7) is 2.34. The average Bonchev–Trinajstić information content (AvgIpc) is 3.02. The number of esters is 1. The maximum atomic E-state index is 12.6. The summed E-state index contributed by atoms with van der Waals surface area (Å²) in [6, 6.07) is 6.84. The summed E-state index contributed by atoms with van der Waals surface area (Å²) in [5, 5.41) is 7.95. The minimum Gasteiger partial charge on any atom is -0.460 e. The van der Waals surface area contributed by atoms with Crippen molar-refractivity contribution in [3.63, 3.8) is 0 Å². The number of benzene rings is 1. The minimum absolute atomic E-state index is 0.184. The van der Waals surface area contributed by atoms with E-state index >= 15 is 0 Å². The highest BCUT2D eigenvalue weighted by Crippen LogP contribution is 2.35. The standard InChI is InChI=1S/C16H17ClN4O3/c1-10-13(15(22)24-8-7-23-2)14(11-3-5-12(17)6-4-11)21-16(20-10)18-9-19-21/h3-6,9,14H,7-8H2,1-2H3,(H,18,19,20)/t14-/m0/s1. The van der Waals surface area contributed by atoms with E-state index in [0.717, 1.165) is 5.56 Å². The highest BCUT2D eigenvalue weighted by atomic mass is 35.5. The third-order valence-electron chi connectivity index (χ3n) is 3.72. The summed E-state index contributed by atoms with van der Waals surface area (Å²) >= 11 is 5.98. The van der Waals surface area contributed by atoms with Gasteiger partial charge in [-0.05, 0) is 24.6 Å². The first kappa shape index (κ1) is 16.5. The second kappa shape index (κ2) is 7.02. The number of allylic oxidation sites excluding steroid dienone is 1. The molecule has 1 N–H and O–H groups in total. The molecular weight excluding hydrogens is 332 g/mol. The topological polar surface area (TPSA) is 78.3 Å². The molecule has 0 bridgehead atoms. The number of hydrogen-bond donors (Lipinski definition) is 1. The van der Waals surface area contributed by atoms with Crippen LogP contribution in [-0.4, -0.2) is 41.1 Å². The Morgan fingerprint density at radius 2 is 2.08 bits per heavy atom. The van der Waals surface area contributed by atoms with Gasteiger partial charge >= 0.3 is 5.97 Å². The Balaban J connectivity index is 2.00. The van der Waals surface area contributed by atoms with Crippen molar-refractivity contribution in [3.05, 3.63) is 52.4 Å². The molecule has 24 heavy (non-hydrogen) atoms. The number of nitrogens with zero attached hydrogens (tertiary/aromatic N) is 3. The number of anilines is 1. The molecule has 0 aliphatic carbocycles. The minimum atomic E-state index is -0.434. The maximum Gasteiger partial charge on any atom is 0.338 e. The number of nitrogens with one attached hydrogen (secondary N) is 1. The zero-order chi connectivity index (χ0) is 17.1. The van der Waals surface area contributed by atoms with Crippen LogP contribution >= 0.6 is 11.6 Å². The molecule has 7 nitrogen and oxygen atoms in total. The zero-order valence-electron chi connectivity index (χ0n) is 13.3. The molecule has 1 aliphatic heterocycles. The van der Waals surface area contributed by atoms with Crippen LogP contribution in [0.25, 0.3) is 0 Å². The Morgan fingerprint density at radius 1 is 1.33 bits per heavy atom. The zero-order valence-corrected chi connectivity index (χ0v) is 14.1. The predicted octanol–water partition coefficient (Wildman–Crippen LogP) is 2.41. The lowest BCUT2D eigenvalue weighted by Crippen LogP contribution is -2.30. The molecule has 0 amide bonds. The van der Waals surface area contributed by atoms with Crippen LogP contribution in [0.5, 0.6) is 0 Å². The summed E-state index contributed by atoms with van der Waals surface area (Å²) in [4.78, 5) is 16.8. The van der Waals surface area contributed by atoms with Crippen LogP contribution in [0.4, 0.5) is 5.95 Å². The third-order valence-corrected chi connectivity index (χ3v) is 3.97. The van der Waals surface area contributed by atoms with Gasteiger partial charge in [-0.15, -0.1) is 0 Å². The molecule has 0 saturated heterocycles. The van der Waals surface area contributed by atoms with Crippen molar-refractivity contribution in [3.8, 4) is 0 Å². The van der Waals surface area contributed by atoms with Crippen LogP contribution in [0.3, 0.4) is 0 Å². The maximum absolute atomic E-state index is 12.6. The van der Waals surface area contributed by atoms with E-state index in [-0.39, 0.29) is 6.61 Å². The van der Waals surface area contributed by atoms with E-state index < -0.39 is 12.0 Å². The van der Waals surface area contributed by atoms with Crippen molar-refractivity contribution in [1.29, 1.82) is 0 Å². The van der Waals surface area contributed by atoms with Crippen LogP contribution in [0.2, 0.25) is 5.02 Å². The lowest BCUT2D eigenvalue weighted by atomic mass is 9.96. The van der Waals surface area contributed by atoms with Crippen LogP contribution in [-0.2, 0) is 14.3 Å². The van der Waals surface area contributed by atoms with Crippen LogP contribution < -0.4 is 5.32 Å². The van der Waals surface area contributed by atoms with Gasteiger partial charge in [-0.3, -0.25) is 0 Å². The van der Waals surface area contributed by atoms with Crippen LogP contribution in [0.15, 0.2) is 41.9 Å². The number of hydrogen-bond acceptors (Lipinski definition) is 6. The Labute approximate surface area is 144 Å². The SMILES string of the molecule is COCCOC(=O)C1=C(C)Nc2ncnn2[C@H]1c1ccc(Cl)cc1. The Kier molecular flexibility index (Phi) is 4.82. The van der Waals surface area contributed by atoms with Gasteiger partial charge in [0.2, 0.25) is 5.95 Å². The van der Waals surface area contributed by atoms with Crippen molar-refractivity contribution in [2.75, 3.05) is 25.6 Å². The Morgan fingerprint density at radius 3 is 2.79 bits per heavy atom. The third kappa shape index (κ3) is 3.13. The fraction of sp³-hybridized carbons (Fsp3) is 0.312. The van der Waals surface area contributed by atoms with E-state index in [9.17, 15) is 4.79 Å². The van der Waals surface area contributed by atoms with Crippen molar-refractivity contribution >= 4 is 23.5 Å². The summed E-state index contributed by atoms with van der Waals surface area (Å²) in [5.74, 6) is 0.152. The molecule has 0 spiro atoms. The van der Waals surface area contributed by atoms with Gasteiger partial charge in [0.05, 0.1) is 12.2 Å². The second-order valence-electron chi connectivity index (χ2n) is 5.27. The van der Waals surface area contributed by atoms with Gasteiger partial charge in [-0.1, -0.05) is 23.7 Å². The number of methoxy groups -OCH3 is 1. The molecule has 0 fully saturated rings. The molecule has 1 aliphatic rings. The number of carbonyl (C=O) groups excluding carboxylic acids is 1. The smallest absolute Gasteiger partial charge is 0.338 e. The van der Waals surface area contributed by atoms with E-state index in [1.54, 1.807) is 23.9 Å². The molecule has 1 aromatic carbocycles. The average molecular weight is 349 g/mol. The number of aromatic nitrogens is 3. The lowest BCUT2D eigenvalue weighted by Gasteiger charge is -2.28. The first-order chi connectivity index (χ1) is 11.6. The van der Waals surface area contributed by atoms with E-state index in [4.69, 9.17) is 21.1 Å². The van der Waals surface area contributed by atoms with E-state index in [1.165, 1.54) is 6.33 Å². The van der Waals surface area contributed by atoms with Gasteiger partial charge in [0, 0.05) is 17.8 Å². The van der Waals surface area contributed by atoms with Crippen LogP contribution in [0.1, 0.15) is 18.5 Å². The van der Waals surface area contributed by atoms with Gasteiger partial charge < -0.3 is 14.8 Å². The molecular formula is C16H17ClN4O3. The molecule has 0 unspecified atom stereocenters. The number of halogens is 1. The van der Waals surface area contributed by atoms with Crippen molar-refractivity contribution < 1.29 is 14.3 Å². The van der Waals surface area contributed by atoms with Crippen molar-refractivity contribution in [1.82, 2.24) is 14.8 Å². The molecule has 0 saturated carbocycles. The molecule has 2 aromatic rings. The first-order valence-electron chi connectivity index (χ1n) is 7.40. The van der Waals surface area contributed by atoms with Gasteiger partial charge in [-0.2, -0.15) is 10.1 Å². The molecule has 0 radical (unpaired) electrons. The van der Waals surface area contributed by atoms with E-state index in [1.807, 2.05) is 19.1 Å². The summed E-state index contributed by atoms with van der Waals surface area (Å²) in [7, 11) is 1.55. The van der Waals surface area contributed by atoms with Gasteiger partial charge in [0.1, 0.15) is 19.0 Å². The Bertz CT molecular complexity index is 770. The second-order valence-corrected chi connectivity index (χ2v) is 5.71. The van der Waals surface area contributed by atoms with Gasteiger partial charge in [0.15, 0.2) is 0 Å². The molecule has 126 valence electrons. The molecule has 8 heteroatoms. The molecule has 3 rings (SSSR count). The quantitative estimate of drug-likeness (QED) is 0.660. The summed E-state index contributed by atoms with van der Waals surface area (Å²) < 4.78 is 11.9. The molecule has 1 aromatic heterocycles. The molecule has 2 heterocycles. The lowest BCUT2D eigenvalue weighted by molar-refractivity contribution is -0.140. The molecule has 1 atom stereocenters. The summed E-state index contributed by atoms with van der Waals surface area (Å²) in [6.07, 6.45) is 1.44. The van der Waals surface area contributed by atoms with Gasteiger partial charge in [0.25, 0.3) is 0 Å². The van der Waals surface area contributed by atoms with Gasteiger partial charge in [-0.25, -0.2) is 9.48 Å². The van der Waals surface area contributed by atoms with Crippen molar-refractivity contribution in [2.24, 2.45) is 0 Å². The summed E-state index contributed by atoms with van der Waals surface area (Å²) in [5.41, 5.74) is 2.02. The largest absolute Gasteiger partial charge is 0.460 e. The normalized spacial score (nSPS) is 16.5.